The standard InChI is InChI=1S/C18H22BrN3O3/c1-3-24-16-7-12(14(19)9-17(16)25-4-2)8-18(23)22-6-5-15-13(11-22)10-20-21-15/h7,9-10H,3-6,8,11H2,1-2H3,(H,20,21). The molecule has 1 N–H and O–H groups in total. The molecular formula is C18H22BrN3O3. The molecule has 6 nitrogen and oxygen atoms in total. The first kappa shape index (κ1) is 17.8. The van der Waals surface area contributed by atoms with Gasteiger partial charge in [-0.25, -0.2) is 0 Å². The first-order valence-corrected chi connectivity index (χ1v) is 9.28. The van der Waals surface area contributed by atoms with Crippen molar-refractivity contribution in [2.75, 3.05) is 19.8 Å². The highest BCUT2D eigenvalue weighted by atomic mass is 79.9. The summed E-state index contributed by atoms with van der Waals surface area (Å²) in [6.07, 6.45) is 2.94. The lowest BCUT2D eigenvalue weighted by molar-refractivity contribution is -0.131. The summed E-state index contributed by atoms with van der Waals surface area (Å²) in [5, 5.41) is 7.04. The van der Waals surface area contributed by atoms with Crippen molar-refractivity contribution in [3.63, 3.8) is 0 Å². The van der Waals surface area contributed by atoms with Gasteiger partial charge in [0.2, 0.25) is 5.91 Å². The molecule has 0 atom stereocenters. The van der Waals surface area contributed by atoms with Gasteiger partial charge in [-0.15, -0.1) is 0 Å². The molecule has 3 rings (SSSR count). The Labute approximate surface area is 155 Å². The number of fused-ring (bicyclic) bond motifs is 1. The van der Waals surface area contributed by atoms with Gasteiger partial charge in [0.05, 0.1) is 25.8 Å². The van der Waals surface area contributed by atoms with Gasteiger partial charge in [0.25, 0.3) is 0 Å². The van der Waals surface area contributed by atoms with Crippen LogP contribution < -0.4 is 9.47 Å². The average molecular weight is 408 g/mol. The van der Waals surface area contributed by atoms with Gasteiger partial charge in [-0.2, -0.15) is 5.10 Å². The summed E-state index contributed by atoms with van der Waals surface area (Å²) >= 11 is 3.55. The van der Waals surface area contributed by atoms with E-state index in [1.807, 2.05) is 30.9 Å². The third kappa shape index (κ3) is 3.98. The third-order valence-corrected chi connectivity index (χ3v) is 4.95. The maximum Gasteiger partial charge on any atom is 0.227 e. The third-order valence-electron chi connectivity index (χ3n) is 4.21. The number of ether oxygens (including phenoxy) is 2. The number of amides is 1. The van der Waals surface area contributed by atoms with Crippen molar-refractivity contribution in [3.8, 4) is 11.5 Å². The fraction of sp³-hybridized carbons (Fsp3) is 0.444. The van der Waals surface area contributed by atoms with E-state index in [0.29, 0.717) is 44.2 Å². The van der Waals surface area contributed by atoms with Gasteiger partial charge in [-0.1, -0.05) is 15.9 Å². The van der Waals surface area contributed by atoms with Crippen LogP contribution in [0.4, 0.5) is 0 Å². The Morgan fingerprint density at radius 3 is 2.72 bits per heavy atom. The number of aromatic nitrogens is 2. The van der Waals surface area contributed by atoms with Crippen molar-refractivity contribution in [1.82, 2.24) is 15.1 Å². The van der Waals surface area contributed by atoms with Gasteiger partial charge in [0.1, 0.15) is 0 Å². The number of aromatic amines is 1. The molecular weight excluding hydrogens is 386 g/mol. The van der Waals surface area contributed by atoms with Crippen molar-refractivity contribution < 1.29 is 14.3 Å². The van der Waals surface area contributed by atoms with Gasteiger partial charge in [-0.05, 0) is 31.5 Å². The minimum Gasteiger partial charge on any atom is -0.490 e. The van der Waals surface area contributed by atoms with Crippen LogP contribution in [0.2, 0.25) is 0 Å². The number of nitrogens with one attached hydrogen (secondary N) is 1. The fourth-order valence-corrected chi connectivity index (χ4v) is 3.42. The first-order chi connectivity index (χ1) is 12.1. The van der Waals surface area contributed by atoms with Crippen LogP contribution >= 0.6 is 15.9 Å². The van der Waals surface area contributed by atoms with E-state index in [9.17, 15) is 4.79 Å². The normalized spacial score (nSPS) is 13.5. The molecule has 2 heterocycles. The van der Waals surface area contributed by atoms with Gasteiger partial charge >= 0.3 is 0 Å². The lowest BCUT2D eigenvalue weighted by Gasteiger charge is -2.27. The first-order valence-electron chi connectivity index (χ1n) is 8.49. The maximum absolute atomic E-state index is 12.7. The van der Waals surface area contributed by atoms with Crippen molar-refractivity contribution in [2.45, 2.75) is 33.2 Å². The van der Waals surface area contributed by atoms with Crippen LogP contribution in [0.3, 0.4) is 0 Å². The molecule has 0 bridgehead atoms. The zero-order chi connectivity index (χ0) is 17.8. The van der Waals surface area contributed by atoms with Crippen molar-refractivity contribution in [1.29, 1.82) is 0 Å². The summed E-state index contributed by atoms with van der Waals surface area (Å²) in [7, 11) is 0. The smallest absolute Gasteiger partial charge is 0.227 e. The second-order valence-electron chi connectivity index (χ2n) is 5.87. The molecule has 0 aliphatic carbocycles. The van der Waals surface area contributed by atoms with E-state index in [1.165, 1.54) is 0 Å². The summed E-state index contributed by atoms with van der Waals surface area (Å²) in [5.41, 5.74) is 3.13. The average Bonchev–Trinajstić information content (AvgIpc) is 3.06. The Bertz CT molecular complexity index is 760. The summed E-state index contributed by atoms with van der Waals surface area (Å²) < 4.78 is 12.1. The molecule has 0 saturated carbocycles. The van der Waals surface area contributed by atoms with E-state index >= 15 is 0 Å². The van der Waals surface area contributed by atoms with E-state index in [2.05, 4.69) is 26.1 Å². The second kappa shape index (κ2) is 7.91. The molecule has 0 spiro atoms. The highest BCUT2D eigenvalue weighted by Crippen LogP contribution is 2.34. The fourth-order valence-electron chi connectivity index (χ4n) is 2.96. The highest BCUT2D eigenvalue weighted by molar-refractivity contribution is 9.10. The Morgan fingerprint density at radius 2 is 2.00 bits per heavy atom. The second-order valence-corrected chi connectivity index (χ2v) is 6.73. The number of carbonyl (C=O) groups is 1. The maximum atomic E-state index is 12.7. The lowest BCUT2D eigenvalue weighted by Crippen LogP contribution is -2.36. The molecule has 25 heavy (non-hydrogen) atoms. The predicted octanol–water partition coefficient (Wildman–Crippen LogP) is 3.10. The van der Waals surface area contributed by atoms with Gasteiger partial charge in [0.15, 0.2) is 11.5 Å². The van der Waals surface area contributed by atoms with Gasteiger partial charge in [-0.3, -0.25) is 9.89 Å². The number of rotatable bonds is 6. The molecule has 1 aromatic heterocycles. The van der Waals surface area contributed by atoms with Crippen molar-refractivity contribution in [2.24, 2.45) is 0 Å². The number of benzene rings is 1. The van der Waals surface area contributed by atoms with Gasteiger partial charge < -0.3 is 14.4 Å². The topological polar surface area (TPSA) is 67.5 Å². The number of carbonyl (C=O) groups excluding carboxylic acids is 1. The molecule has 7 heteroatoms. The minimum absolute atomic E-state index is 0.0964. The zero-order valence-electron chi connectivity index (χ0n) is 14.5. The van der Waals surface area contributed by atoms with Crippen LogP contribution in [0.1, 0.15) is 30.7 Å². The summed E-state index contributed by atoms with van der Waals surface area (Å²) in [6, 6.07) is 3.77. The Kier molecular flexibility index (Phi) is 5.63. The number of hydrogen-bond acceptors (Lipinski definition) is 4. The molecule has 2 aromatic rings. The highest BCUT2D eigenvalue weighted by Gasteiger charge is 2.23. The Hall–Kier alpha value is -2.02. The summed E-state index contributed by atoms with van der Waals surface area (Å²) in [4.78, 5) is 14.6. The number of halogens is 1. The SMILES string of the molecule is CCOc1cc(Br)c(CC(=O)N2CCc3[nH]ncc3C2)cc1OCC. The van der Waals surface area contributed by atoms with Crippen LogP contribution in [-0.2, 0) is 24.2 Å². The molecule has 1 aromatic carbocycles. The Balaban J connectivity index is 1.75. The molecule has 0 saturated heterocycles. The van der Waals surface area contributed by atoms with E-state index in [-0.39, 0.29) is 5.91 Å². The van der Waals surface area contributed by atoms with E-state index in [1.54, 1.807) is 6.20 Å². The van der Waals surface area contributed by atoms with E-state index < -0.39 is 0 Å². The number of hydrogen-bond donors (Lipinski definition) is 1. The lowest BCUT2D eigenvalue weighted by atomic mass is 10.1. The van der Waals surface area contributed by atoms with E-state index in [0.717, 1.165) is 27.7 Å². The molecule has 134 valence electrons. The minimum atomic E-state index is 0.0964. The van der Waals surface area contributed by atoms with Crippen LogP contribution in [0.5, 0.6) is 11.5 Å². The van der Waals surface area contributed by atoms with Crippen molar-refractivity contribution >= 4 is 21.8 Å². The number of nitrogens with zero attached hydrogens (tertiary/aromatic N) is 2. The summed E-state index contributed by atoms with van der Waals surface area (Å²) in [6.45, 7) is 6.29. The molecule has 1 aliphatic rings. The van der Waals surface area contributed by atoms with Crippen LogP contribution in [0.15, 0.2) is 22.8 Å². The van der Waals surface area contributed by atoms with E-state index in [4.69, 9.17) is 9.47 Å². The monoisotopic (exact) mass is 407 g/mol. The zero-order valence-corrected chi connectivity index (χ0v) is 16.1. The summed E-state index contributed by atoms with van der Waals surface area (Å²) in [5.74, 6) is 1.46. The molecule has 0 fully saturated rings. The van der Waals surface area contributed by atoms with Crippen LogP contribution in [0, 0.1) is 0 Å². The largest absolute Gasteiger partial charge is 0.490 e. The van der Waals surface area contributed by atoms with Gasteiger partial charge in [0, 0.05) is 35.2 Å². The quantitative estimate of drug-likeness (QED) is 0.798. The van der Waals surface area contributed by atoms with Crippen LogP contribution in [-0.4, -0.2) is 40.8 Å². The number of H-pyrrole nitrogens is 1. The molecule has 0 radical (unpaired) electrons. The predicted molar refractivity (Wildman–Crippen MR) is 97.9 cm³/mol. The van der Waals surface area contributed by atoms with Crippen molar-refractivity contribution in [3.05, 3.63) is 39.6 Å². The Morgan fingerprint density at radius 1 is 1.28 bits per heavy atom. The molecule has 1 aliphatic heterocycles. The van der Waals surface area contributed by atoms with Crippen LogP contribution in [0.25, 0.3) is 0 Å². The molecule has 1 amide bonds. The molecule has 0 unspecified atom stereocenters.